The molecule has 1 amide bonds. The quantitative estimate of drug-likeness (QED) is 0.636. The first kappa shape index (κ1) is 21.2. The van der Waals surface area contributed by atoms with Crippen LogP contribution < -0.4 is 5.73 Å². The smallest absolute Gasteiger partial charge is 0.405 e. The van der Waals surface area contributed by atoms with Crippen molar-refractivity contribution in [1.82, 2.24) is 9.80 Å². The molecule has 0 fully saturated rings. The van der Waals surface area contributed by atoms with Gasteiger partial charge >= 0.3 is 6.09 Å². The van der Waals surface area contributed by atoms with Crippen LogP contribution in [0.2, 0.25) is 0 Å². The Bertz CT molecular complexity index is 309. The van der Waals surface area contributed by atoms with E-state index in [-0.39, 0.29) is 0 Å². The van der Waals surface area contributed by atoms with Crippen molar-refractivity contribution in [3.63, 3.8) is 0 Å². The van der Waals surface area contributed by atoms with Gasteiger partial charge in [-0.25, -0.2) is 4.79 Å². The maximum atomic E-state index is 10.9. The molecule has 0 spiro atoms. The first-order valence-electron chi connectivity index (χ1n) is 8.55. The van der Waals surface area contributed by atoms with E-state index < -0.39 is 11.7 Å². The lowest BCUT2D eigenvalue weighted by atomic mass is 10.0. The standard InChI is InChI=1S/C17H37N3O2/c1-8-19(12-13-20(14(2)3)15(4)5)11-9-10-17(6,7)22-16(18)21/h14-15H,8-13H2,1-7H3,(H2,18,21). The van der Waals surface area contributed by atoms with Gasteiger partial charge in [-0.2, -0.15) is 0 Å². The fourth-order valence-corrected chi connectivity index (χ4v) is 2.85. The average molecular weight is 316 g/mol. The zero-order valence-corrected chi connectivity index (χ0v) is 15.7. The van der Waals surface area contributed by atoms with Crippen molar-refractivity contribution in [2.24, 2.45) is 5.73 Å². The van der Waals surface area contributed by atoms with Crippen molar-refractivity contribution in [3.05, 3.63) is 0 Å². The third-order valence-corrected chi connectivity index (χ3v) is 4.08. The Labute approximate surface area is 137 Å². The number of nitrogens with zero attached hydrogens (tertiary/aromatic N) is 2. The van der Waals surface area contributed by atoms with Crippen LogP contribution in [0, 0.1) is 0 Å². The predicted octanol–water partition coefficient (Wildman–Crippen LogP) is 3.08. The highest BCUT2D eigenvalue weighted by molar-refractivity contribution is 5.65. The molecule has 0 unspecified atom stereocenters. The minimum atomic E-state index is -0.693. The maximum absolute atomic E-state index is 10.9. The molecule has 0 aliphatic rings. The summed E-state index contributed by atoms with van der Waals surface area (Å²) in [5, 5.41) is 0. The SMILES string of the molecule is CCN(CCCC(C)(C)OC(N)=O)CCN(C(C)C)C(C)C. The van der Waals surface area contributed by atoms with Gasteiger partial charge in [0, 0.05) is 25.2 Å². The van der Waals surface area contributed by atoms with Gasteiger partial charge in [0.2, 0.25) is 0 Å². The van der Waals surface area contributed by atoms with E-state index in [0.717, 1.165) is 39.0 Å². The fourth-order valence-electron chi connectivity index (χ4n) is 2.85. The number of ether oxygens (including phenoxy) is 1. The third-order valence-electron chi connectivity index (χ3n) is 4.08. The van der Waals surface area contributed by atoms with Gasteiger partial charge in [-0.3, -0.25) is 4.90 Å². The summed E-state index contributed by atoms with van der Waals surface area (Å²) in [4.78, 5) is 15.8. The van der Waals surface area contributed by atoms with Crippen molar-refractivity contribution in [3.8, 4) is 0 Å². The molecule has 0 aromatic carbocycles. The fraction of sp³-hybridized carbons (Fsp3) is 0.941. The lowest BCUT2D eigenvalue weighted by Gasteiger charge is -2.33. The van der Waals surface area contributed by atoms with Gasteiger partial charge in [-0.1, -0.05) is 6.92 Å². The van der Waals surface area contributed by atoms with Gasteiger partial charge in [-0.15, -0.1) is 0 Å². The minimum absolute atomic E-state index is 0.479. The lowest BCUT2D eigenvalue weighted by molar-refractivity contribution is 0.0352. The van der Waals surface area contributed by atoms with Crippen LogP contribution in [-0.4, -0.2) is 59.8 Å². The number of hydrogen-bond donors (Lipinski definition) is 1. The highest BCUT2D eigenvalue weighted by Gasteiger charge is 2.21. The summed E-state index contributed by atoms with van der Waals surface area (Å²) in [5.74, 6) is 0. The molecular weight excluding hydrogens is 278 g/mol. The minimum Gasteiger partial charge on any atom is -0.444 e. The van der Waals surface area contributed by atoms with Crippen LogP contribution in [0.15, 0.2) is 0 Å². The maximum Gasteiger partial charge on any atom is 0.405 e. The topological polar surface area (TPSA) is 58.8 Å². The molecule has 0 aliphatic heterocycles. The number of amides is 1. The molecule has 5 heteroatoms. The molecule has 22 heavy (non-hydrogen) atoms. The second-order valence-electron chi connectivity index (χ2n) is 7.14. The predicted molar refractivity (Wildman–Crippen MR) is 93.1 cm³/mol. The van der Waals surface area contributed by atoms with E-state index in [1.807, 2.05) is 13.8 Å². The first-order valence-corrected chi connectivity index (χ1v) is 8.55. The normalized spacial score (nSPS) is 12.7. The molecule has 0 aromatic heterocycles. The molecular formula is C17H37N3O2. The summed E-state index contributed by atoms with van der Waals surface area (Å²) in [6.07, 6.45) is 1.13. The first-order chi connectivity index (χ1) is 10.1. The van der Waals surface area contributed by atoms with Crippen LogP contribution in [0.3, 0.4) is 0 Å². The van der Waals surface area contributed by atoms with E-state index >= 15 is 0 Å². The van der Waals surface area contributed by atoms with E-state index in [0.29, 0.717) is 12.1 Å². The van der Waals surface area contributed by atoms with E-state index in [9.17, 15) is 4.79 Å². The highest BCUT2D eigenvalue weighted by atomic mass is 16.6. The molecule has 0 saturated heterocycles. The van der Waals surface area contributed by atoms with Gasteiger partial charge in [0.05, 0.1) is 0 Å². The highest BCUT2D eigenvalue weighted by Crippen LogP contribution is 2.17. The molecule has 0 heterocycles. The molecule has 132 valence electrons. The van der Waals surface area contributed by atoms with Gasteiger partial charge in [0.15, 0.2) is 0 Å². The molecule has 0 rings (SSSR count). The number of hydrogen-bond acceptors (Lipinski definition) is 4. The summed E-state index contributed by atoms with van der Waals surface area (Å²) in [5.41, 5.74) is 4.62. The van der Waals surface area contributed by atoms with Gasteiger partial charge < -0.3 is 15.4 Å². The van der Waals surface area contributed by atoms with Crippen molar-refractivity contribution in [2.75, 3.05) is 26.2 Å². The lowest BCUT2D eigenvalue weighted by Crippen LogP contribution is -2.43. The van der Waals surface area contributed by atoms with Crippen LogP contribution in [0.25, 0.3) is 0 Å². The zero-order valence-electron chi connectivity index (χ0n) is 15.7. The molecule has 2 N–H and O–H groups in total. The molecule has 0 aliphatic carbocycles. The molecule has 0 bridgehead atoms. The molecule has 0 radical (unpaired) electrons. The monoisotopic (exact) mass is 315 g/mol. The summed E-state index contributed by atoms with van der Waals surface area (Å²) in [7, 11) is 0. The Hall–Kier alpha value is -0.810. The van der Waals surface area contributed by atoms with Crippen molar-refractivity contribution >= 4 is 6.09 Å². The summed E-state index contributed by atoms with van der Waals surface area (Å²) < 4.78 is 5.13. The number of primary amides is 1. The van der Waals surface area contributed by atoms with E-state index in [4.69, 9.17) is 10.5 Å². The van der Waals surface area contributed by atoms with E-state index in [1.54, 1.807) is 0 Å². The van der Waals surface area contributed by atoms with Crippen LogP contribution >= 0.6 is 0 Å². The van der Waals surface area contributed by atoms with Crippen LogP contribution in [0.4, 0.5) is 4.79 Å². The zero-order chi connectivity index (χ0) is 17.3. The number of nitrogens with two attached hydrogens (primary N) is 1. The summed E-state index contributed by atoms with van der Waals surface area (Å²) in [6.45, 7) is 19.2. The molecule has 5 nitrogen and oxygen atoms in total. The Morgan fingerprint density at radius 3 is 2.05 bits per heavy atom. The Balaban J connectivity index is 4.19. The molecule has 0 atom stereocenters. The molecule has 0 saturated carbocycles. The molecule has 0 aromatic rings. The van der Waals surface area contributed by atoms with Crippen LogP contribution in [0.1, 0.15) is 61.3 Å². The third kappa shape index (κ3) is 9.26. The Morgan fingerprint density at radius 1 is 1.09 bits per heavy atom. The second-order valence-corrected chi connectivity index (χ2v) is 7.14. The van der Waals surface area contributed by atoms with Crippen LogP contribution in [0.5, 0.6) is 0 Å². The Kier molecular flexibility index (Phi) is 9.69. The van der Waals surface area contributed by atoms with Crippen molar-refractivity contribution in [1.29, 1.82) is 0 Å². The van der Waals surface area contributed by atoms with Crippen molar-refractivity contribution < 1.29 is 9.53 Å². The number of carbonyl (C=O) groups excluding carboxylic acids is 1. The van der Waals surface area contributed by atoms with E-state index in [2.05, 4.69) is 44.4 Å². The Morgan fingerprint density at radius 2 is 1.64 bits per heavy atom. The largest absolute Gasteiger partial charge is 0.444 e. The second kappa shape index (κ2) is 10.1. The summed E-state index contributed by atoms with van der Waals surface area (Å²) >= 11 is 0. The van der Waals surface area contributed by atoms with Crippen LogP contribution in [-0.2, 0) is 4.74 Å². The number of likely N-dealkylation sites (N-methyl/N-ethyl adjacent to an activating group) is 1. The van der Waals surface area contributed by atoms with E-state index in [1.165, 1.54) is 0 Å². The van der Waals surface area contributed by atoms with Gasteiger partial charge in [0.25, 0.3) is 0 Å². The number of rotatable bonds is 11. The van der Waals surface area contributed by atoms with Gasteiger partial charge in [0.1, 0.15) is 5.60 Å². The van der Waals surface area contributed by atoms with Gasteiger partial charge in [-0.05, 0) is 67.5 Å². The average Bonchev–Trinajstić information content (AvgIpc) is 2.34. The number of carbonyl (C=O) groups is 1. The summed E-state index contributed by atoms with van der Waals surface area (Å²) in [6, 6.07) is 1.14. The van der Waals surface area contributed by atoms with Crippen molar-refractivity contribution in [2.45, 2.75) is 79.0 Å².